The number of nitrogens with one attached hydrogen (secondary N) is 2. The van der Waals surface area contributed by atoms with E-state index < -0.39 is 0 Å². The Morgan fingerprint density at radius 1 is 1.29 bits per heavy atom. The first kappa shape index (κ1) is 21.8. The molecule has 2 N–H and O–H groups in total. The van der Waals surface area contributed by atoms with Crippen LogP contribution in [-0.2, 0) is 22.5 Å². The molecule has 164 valence electrons. The minimum absolute atomic E-state index is 0.0798. The van der Waals surface area contributed by atoms with Gasteiger partial charge in [-0.15, -0.1) is 0 Å². The molecule has 1 amide bonds. The SMILES string of the molecule is Cc1nc(-c2ccc(CC(=O)NC[C@H]3CN(Cc4ccc(Cl)c(Cl)c4)CCO3)o2)n[nH]1. The quantitative estimate of drug-likeness (QED) is 0.558. The number of H-pyrrole nitrogens is 1. The molecule has 10 heteroatoms. The summed E-state index contributed by atoms with van der Waals surface area (Å²) in [7, 11) is 0. The summed E-state index contributed by atoms with van der Waals surface area (Å²) in [5, 5.41) is 10.9. The minimum atomic E-state index is -0.128. The minimum Gasteiger partial charge on any atom is -0.457 e. The zero-order chi connectivity index (χ0) is 21.8. The van der Waals surface area contributed by atoms with Gasteiger partial charge in [0.1, 0.15) is 11.6 Å². The van der Waals surface area contributed by atoms with Gasteiger partial charge in [0.2, 0.25) is 11.7 Å². The molecular weight excluding hydrogens is 441 g/mol. The van der Waals surface area contributed by atoms with Gasteiger partial charge in [0.25, 0.3) is 0 Å². The van der Waals surface area contributed by atoms with Crippen LogP contribution < -0.4 is 5.32 Å². The standard InChI is InChI=1S/C21H23Cl2N5O3/c1-13-25-21(27-26-13)19-5-3-15(31-19)9-20(29)24-10-16-12-28(6-7-30-16)11-14-2-4-17(22)18(23)8-14/h2-5,8,16H,6-7,9-12H2,1H3,(H,24,29)(H,25,26,27)/t16-/m0/s1. The van der Waals surface area contributed by atoms with Crippen LogP contribution in [0.25, 0.3) is 11.6 Å². The third-order valence-electron chi connectivity index (χ3n) is 4.95. The van der Waals surface area contributed by atoms with E-state index in [1.807, 2.05) is 19.1 Å². The summed E-state index contributed by atoms with van der Waals surface area (Å²) < 4.78 is 11.5. The van der Waals surface area contributed by atoms with E-state index in [1.54, 1.807) is 18.2 Å². The smallest absolute Gasteiger partial charge is 0.227 e. The van der Waals surface area contributed by atoms with Crippen molar-refractivity contribution in [2.24, 2.45) is 0 Å². The summed E-state index contributed by atoms with van der Waals surface area (Å²) in [6.45, 7) is 5.15. The summed E-state index contributed by atoms with van der Waals surface area (Å²) >= 11 is 12.1. The zero-order valence-corrected chi connectivity index (χ0v) is 18.5. The second kappa shape index (κ2) is 9.82. The highest BCUT2D eigenvalue weighted by molar-refractivity contribution is 6.42. The highest BCUT2D eigenvalue weighted by Gasteiger charge is 2.21. The van der Waals surface area contributed by atoms with Crippen LogP contribution in [0.5, 0.6) is 0 Å². The molecular formula is C21H23Cl2N5O3. The maximum atomic E-state index is 12.3. The molecule has 8 nitrogen and oxygen atoms in total. The number of carbonyl (C=O) groups excluding carboxylic acids is 1. The number of carbonyl (C=O) groups is 1. The number of hydrogen-bond acceptors (Lipinski definition) is 6. The van der Waals surface area contributed by atoms with Crippen LogP contribution >= 0.6 is 23.2 Å². The van der Waals surface area contributed by atoms with Crippen molar-refractivity contribution in [2.75, 3.05) is 26.2 Å². The Morgan fingerprint density at radius 2 is 2.16 bits per heavy atom. The number of amides is 1. The number of furan rings is 1. The van der Waals surface area contributed by atoms with Gasteiger partial charge in [0, 0.05) is 26.2 Å². The Morgan fingerprint density at radius 3 is 2.94 bits per heavy atom. The van der Waals surface area contributed by atoms with Crippen molar-refractivity contribution in [1.82, 2.24) is 25.4 Å². The van der Waals surface area contributed by atoms with Crippen molar-refractivity contribution < 1.29 is 13.9 Å². The monoisotopic (exact) mass is 463 g/mol. The molecule has 0 unspecified atom stereocenters. The fourth-order valence-corrected chi connectivity index (χ4v) is 3.76. The second-order valence-electron chi connectivity index (χ2n) is 7.47. The van der Waals surface area contributed by atoms with Crippen molar-refractivity contribution >= 4 is 29.1 Å². The first-order valence-electron chi connectivity index (χ1n) is 9.99. The molecule has 1 atom stereocenters. The predicted octanol–water partition coefficient (Wildman–Crippen LogP) is 3.24. The van der Waals surface area contributed by atoms with Gasteiger partial charge in [-0.1, -0.05) is 29.3 Å². The third-order valence-corrected chi connectivity index (χ3v) is 5.69. The first-order chi connectivity index (χ1) is 15.0. The van der Waals surface area contributed by atoms with Crippen LogP contribution in [0.1, 0.15) is 17.1 Å². The summed E-state index contributed by atoms with van der Waals surface area (Å²) in [6, 6.07) is 9.18. The van der Waals surface area contributed by atoms with Gasteiger partial charge in [-0.25, -0.2) is 4.98 Å². The molecule has 1 fully saturated rings. The van der Waals surface area contributed by atoms with Crippen LogP contribution in [-0.4, -0.2) is 58.3 Å². The molecule has 0 bridgehead atoms. The van der Waals surface area contributed by atoms with E-state index in [0.717, 1.165) is 25.2 Å². The van der Waals surface area contributed by atoms with Crippen LogP contribution in [0, 0.1) is 6.92 Å². The van der Waals surface area contributed by atoms with Crippen LogP contribution in [0.3, 0.4) is 0 Å². The molecule has 1 saturated heterocycles. The van der Waals surface area contributed by atoms with Crippen LogP contribution in [0.4, 0.5) is 0 Å². The molecule has 4 rings (SSSR count). The highest BCUT2D eigenvalue weighted by Crippen LogP contribution is 2.23. The van der Waals surface area contributed by atoms with Crippen molar-refractivity contribution in [2.45, 2.75) is 26.0 Å². The topological polar surface area (TPSA) is 96.3 Å². The second-order valence-corrected chi connectivity index (χ2v) is 8.28. The molecule has 1 aliphatic rings. The van der Waals surface area contributed by atoms with Crippen molar-refractivity contribution in [3.8, 4) is 11.6 Å². The lowest BCUT2D eigenvalue weighted by Gasteiger charge is -2.33. The molecule has 0 radical (unpaired) electrons. The molecule has 0 saturated carbocycles. The lowest BCUT2D eigenvalue weighted by molar-refractivity contribution is -0.121. The van der Waals surface area contributed by atoms with E-state index in [1.165, 1.54) is 0 Å². The fourth-order valence-electron chi connectivity index (χ4n) is 3.44. The number of aromatic amines is 1. The number of aryl methyl sites for hydroxylation is 1. The van der Waals surface area contributed by atoms with E-state index in [4.69, 9.17) is 32.4 Å². The van der Waals surface area contributed by atoms with Crippen molar-refractivity contribution in [3.05, 3.63) is 57.5 Å². The number of hydrogen-bond donors (Lipinski definition) is 2. The summed E-state index contributed by atoms with van der Waals surface area (Å²) in [5.74, 6) is 2.13. The first-order valence-corrected chi connectivity index (χ1v) is 10.7. The average Bonchev–Trinajstić information content (AvgIpc) is 3.38. The van der Waals surface area contributed by atoms with Gasteiger partial charge in [-0.2, -0.15) is 5.10 Å². The van der Waals surface area contributed by atoms with Gasteiger partial charge >= 0.3 is 0 Å². The molecule has 0 spiro atoms. The maximum absolute atomic E-state index is 12.3. The largest absolute Gasteiger partial charge is 0.457 e. The summed E-state index contributed by atoms with van der Waals surface area (Å²) in [4.78, 5) is 18.8. The molecule has 1 aromatic carbocycles. The number of morpholine rings is 1. The molecule has 31 heavy (non-hydrogen) atoms. The van der Waals surface area contributed by atoms with Gasteiger partial charge in [0.15, 0.2) is 5.76 Å². The van der Waals surface area contributed by atoms with Crippen molar-refractivity contribution in [3.63, 3.8) is 0 Å². The normalized spacial score (nSPS) is 17.1. The Kier molecular flexibility index (Phi) is 6.92. The Bertz CT molecular complexity index is 1050. The van der Waals surface area contributed by atoms with E-state index in [0.29, 0.717) is 46.4 Å². The fraction of sp³-hybridized carbons (Fsp3) is 0.381. The summed E-state index contributed by atoms with van der Waals surface area (Å²) in [6.07, 6.45) is 0.0622. The van der Waals surface area contributed by atoms with Crippen LogP contribution in [0.2, 0.25) is 10.0 Å². The Labute approximate surface area is 189 Å². The van der Waals surface area contributed by atoms with Gasteiger partial charge < -0.3 is 14.5 Å². The molecule has 0 aliphatic carbocycles. The van der Waals surface area contributed by atoms with E-state index in [9.17, 15) is 4.79 Å². The van der Waals surface area contributed by atoms with E-state index >= 15 is 0 Å². The number of ether oxygens (including phenoxy) is 1. The van der Waals surface area contributed by atoms with E-state index in [2.05, 4.69) is 25.4 Å². The maximum Gasteiger partial charge on any atom is 0.227 e. The number of halogens is 2. The predicted molar refractivity (Wildman–Crippen MR) is 117 cm³/mol. The number of benzene rings is 1. The zero-order valence-electron chi connectivity index (χ0n) is 17.0. The highest BCUT2D eigenvalue weighted by atomic mass is 35.5. The lowest BCUT2D eigenvalue weighted by Crippen LogP contribution is -2.47. The summed E-state index contributed by atoms with van der Waals surface area (Å²) in [5.41, 5.74) is 1.09. The molecule has 3 heterocycles. The molecule has 1 aliphatic heterocycles. The van der Waals surface area contributed by atoms with Gasteiger partial charge in [-0.3, -0.25) is 14.8 Å². The average molecular weight is 464 g/mol. The third kappa shape index (κ3) is 5.86. The number of aromatic nitrogens is 3. The van der Waals surface area contributed by atoms with Gasteiger partial charge in [-0.05, 0) is 36.8 Å². The number of rotatable bonds is 7. The lowest BCUT2D eigenvalue weighted by atomic mass is 10.2. The molecule has 3 aromatic rings. The Hall–Kier alpha value is -2.39. The van der Waals surface area contributed by atoms with Crippen molar-refractivity contribution in [1.29, 1.82) is 0 Å². The van der Waals surface area contributed by atoms with E-state index in [-0.39, 0.29) is 18.4 Å². The van der Waals surface area contributed by atoms with Gasteiger partial charge in [0.05, 0.1) is 29.2 Å². The Balaban J connectivity index is 1.24. The number of nitrogens with zero attached hydrogens (tertiary/aromatic N) is 3. The molecule has 2 aromatic heterocycles. The van der Waals surface area contributed by atoms with Crippen LogP contribution in [0.15, 0.2) is 34.7 Å².